The Hall–Kier alpha value is -4.59. The number of hydrogen-bond acceptors (Lipinski definition) is 6. The van der Waals surface area contributed by atoms with Gasteiger partial charge in [0, 0.05) is 0 Å². The Balaban J connectivity index is 1.86. The van der Waals surface area contributed by atoms with E-state index in [1.165, 1.54) is 19.2 Å². The minimum Gasteiger partial charge on any atom is -0.494 e. The third-order valence-corrected chi connectivity index (χ3v) is 5.05. The minimum absolute atomic E-state index is 0.179. The third-order valence-electron chi connectivity index (χ3n) is 5.05. The number of oxazole rings is 1. The second-order valence-electron chi connectivity index (χ2n) is 6.96. The van der Waals surface area contributed by atoms with Gasteiger partial charge in [-0.1, -0.05) is 36.4 Å². The van der Waals surface area contributed by atoms with Crippen LogP contribution in [0.2, 0.25) is 0 Å². The van der Waals surface area contributed by atoms with Gasteiger partial charge in [0.2, 0.25) is 5.89 Å². The molecule has 8 nitrogen and oxygen atoms in total. The quantitative estimate of drug-likeness (QED) is 0.436. The molecule has 5 rings (SSSR count). The Morgan fingerprint density at radius 2 is 1.85 bits per heavy atom. The molecule has 3 heterocycles. The standard InChI is InChI=1S/C22H12F3N5O3/c1-32-13-8-5-9-14-17(13)28-20(33-14)16-12(10-26)27-19-15(11-6-3-2-4-7-11)18(22(23,24)25)29-30(19)21(16)31/h2-9,29H,1H3. The van der Waals surface area contributed by atoms with Gasteiger partial charge < -0.3 is 9.15 Å². The van der Waals surface area contributed by atoms with Gasteiger partial charge in [0.1, 0.15) is 23.1 Å². The molecule has 0 aliphatic rings. The van der Waals surface area contributed by atoms with E-state index in [9.17, 15) is 23.2 Å². The van der Waals surface area contributed by atoms with Crippen LogP contribution < -0.4 is 10.3 Å². The molecule has 5 aromatic rings. The van der Waals surface area contributed by atoms with Crippen LogP contribution in [-0.4, -0.2) is 26.7 Å². The van der Waals surface area contributed by atoms with Crippen LogP contribution >= 0.6 is 0 Å². The first kappa shape index (κ1) is 20.3. The molecular formula is C22H12F3N5O3. The maximum Gasteiger partial charge on any atom is 0.433 e. The van der Waals surface area contributed by atoms with Gasteiger partial charge in [-0.3, -0.25) is 9.89 Å². The average Bonchev–Trinajstić information content (AvgIpc) is 3.41. The van der Waals surface area contributed by atoms with Gasteiger partial charge in [-0.2, -0.15) is 22.9 Å². The number of benzene rings is 2. The average molecular weight is 451 g/mol. The molecule has 11 heteroatoms. The molecule has 33 heavy (non-hydrogen) atoms. The van der Waals surface area contributed by atoms with Crippen molar-refractivity contribution >= 4 is 16.7 Å². The molecule has 0 atom stereocenters. The number of aromatic nitrogens is 4. The number of halogens is 3. The van der Waals surface area contributed by atoms with Gasteiger partial charge in [0.05, 0.1) is 12.7 Å². The van der Waals surface area contributed by atoms with Crippen LogP contribution in [-0.2, 0) is 6.18 Å². The van der Waals surface area contributed by atoms with Crippen LogP contribution in [0, 0.1) is 11.3 Å². The number of methoxy groups -OCH3 is 1. The molecule has 0 bridgehead atoms. The SMILES string of the molecule is COc1cccc2oc(-c3c(C#N)nc4c(-c5ccccc5)c(C(F)(F)F)[nH]n4c3=O)nc12. The molecule has 0 fully saturated rings. The molecule has 0 amide bonds. The van der Waals surface area contributed by atoms with Gasteiger partial charge in [-0.15, -0.1) is 0 Å². The molecule has 164 valence electrons. The van der Waals surface area contributed by atoms with Gasteiger partial charge >= 0.3 is 6.18 Å². The lowest BCUT2D eigenvalue weighted by Crippen LogP contribution is -2.20. The smallest absolute Gasteiger partial charge is 0.433 e. The molecule has 3 aromatic heterocycles. The number of H-pyrrole nitrogens is 1. The van der Waals surface area contributed by atoms with Crippen molar-refractivity contribution in [2.75, 3.05) is 7.11 Å². The van der Waals surface area contributed by atoms with E-state index in [1.54, 1.807) is 42.5 Å². The Labute approximate surface area is 182 Å². The van der Waals surface area contributed by atoms with Crippen LogP contribution in [0.1, 0.15) is 11.4 Å². The lowest BCUT2D eigenvalue weighted by atomic mass is 10.1. The van der Waals surface area contributed by atoms with Crippen LogP contribution in [0.3, 0.4) is 0 Å². The summed E-state index contributed by atoms with van der Waals surface area (Å²) in [6.45, 7) is 0. The molecule has 0 radical (unpaired) electrons. The zero-order valence-electron chi connectivity index (χ0n) is 16.8. The van der Waals surface area contributed by atoms with Crippen LogP contribution in [0.25, 0.3) is 39.3 Å². The number of aromatic amines is 1. The number of rotatable bonds is 3. The minimum atomic E-state index is -4.82. The van der Waals surface area contributed by atoms with Crippen molar-refractivity contribution < 1.29 is 22.3 Å². The molecule has 0 unspecified atom stereocenters. The summed E-state index contributed by atoms with van der Waals surface area (Å²) >= 11 is 0. The van der Waals surface area contributed by atoms with Crippen molar-refractivity contribution in [2.45, 2.75) is 6.18 Å². The van der Waals surface area contributed by atoms with E-state index in [1.807, 2.05) is 0 Å². The molecule has 2 aromatic carbocycles. The predicted octanol–water partition coefficient (Wildman–Crippen LogP) is 4.40. The van der Waals surface area contributed by atoms with Crippen molar-refractivity contribution in [3.05, 3.63) is 70.3 Å². The molecular weight excluding hydrogens is 439 g/mol. The van der Waals surface area contributed by atoms with Crippen molar-refractivity contribution in [3.8, 4) is 34.4 Å². The first-order chi connectivity index (χ1) is 15.8. The van der Waals surface area contributed by atoms with Crippen LogP contribution in [0.5, 0.6) is 5.75 Å². The molecule has 1 N–H and O–H groups in total. The normalized spacial score (nSPS) is 11.7. The highest BCUT2D eigenvalue weighted by Crippen LogP contribution is 2.38. The van der Waals surface area contributed by atoms with Crippen molar-refractivity contribution in [1.82, 2.24) is 19.6 Å². The fourth-order valence-corrected chi connectivity index (χ4v) is 3.62. The van der Waals surface area contributed by atoms with Gasteiger partial charge in [-0.25, -0.2) is 9.97 Å². The van der Waals surface area contributed by atoms with E-state index in [2.05, 4.69) is 15.1 Å². The highest BCUT2D eigenvalue weighted by atomic mass is 19.4. The zero-order chi connectivity index (χ0) is 23.3. The summed E-state index contributed by atoms with van der Waals surface area (Å²) in [5, 5.41) is 11.8. The molecule has 0 saturated heterocycles. The largest absolute Gasteiger partial charge is 0.494 e. The van der Waals surface area contributed by atoms with E-state index in [0.717, 1.165) is 0 Å². The highest BCUT2D eigenvalue weighted by molar-refractivity contribution is 5.84. The molecule has 0 spiro atoms. The number of nitriles is 1. The second kappa shape index (κ2) is 7.23. The summed E-state index contributed by atoms with van der Waals surface area (Å²) in [6, 6.07) is 14.3. The van der Waals surface area contributed by atoms with Gasteiger partial charge in [-0.05, 0) is 17.7 Å². The number of nitrogens with one attached hydrogen (secondary N) is 1. The molecule has 0 saturated carbocycles. The summed E-state index contributed by atoms with van der Waals surface area (Å²) < 4.78 is 53.0. The number of hydrogen-bond donors (Lipinski definition) is 1. The fraction of sp³-hybridized carbons (Fsp3) is 0.0909. The first-order valence-corrected chi connectivity index (χ1v) is 9.49. The topological polar surface area (TPSA) is 109 Å². The van der Waals surface area contributed by atoms with Gasteiger partial charge in [0.25, 0.3) is 5.56 Å². The van der Waals surface area contributed by atoms with E-state index >= 15 is 0 Å². The maximum absolute atomic E-state index is 13.8. The Bertz CT molecular complexity index is 1630. The Morgan fingerprint density at radius 1 is 1.09 bits per heavy atom. The van der Waals surface area contributed by atoms with Crippen molar-refractivity contribution in [1.29, 1.82) is 5.26 Å². The first-order valence-electron chi connectivity index (χ1n) is 9.49. The number of ether oxygens (including phenoxy) is 1. The molecule has 0 aliphatic carbocycles. The lowest BCUT2D eigenvalue weighted by Gasteiger charge is -2.07. The van der Waals surface area contributed by atoms with E-state index < -0.39 is 23.1 Å². The van der Waals surface area contributed by atoms with E-state index in [-0.39, 0.29) is 39.3 Å². The lowest BCUT2D eigenvalue weighted by molar-refractivity contribution is -0.140. The summed E-state index contributed by atoms with van der Waals surface area (Å²) in [7, 11) is 1.43. The zero-order valence-corrected chi connectivity index (χ0v) is 16.8. The number of alkyl halides is 3. The summed E-state index contributed by atoms with van der Waals surface area (Å²) in [6.07, 6.45) is -4.82. The second-order valence-corrected chi connectivity index (χ2v) is 6.96. The van der Waals surface area contributed by atoms with E-state index in [4.69, 9.17) is 9.15 Å². The fourth-order valence-electron chi connectivity index (χ4n) is 3.62. The van der Waals surface area contributed by atoms with Crippen molar-refractivity contribution in [2.24, 2.45) is 0 Å². The maximum atomic E-state index is 13.8. The monoisotopic (exact) mass is 451 g/mol. The van der Waals surface area contributed by atoms with E-state index in [0.29, 0.717) is 10.3 Å². The summed E-state index contributed by atoms with van der Waals surface area (Å²) in [5.74, 6) is 0.100. The van der Waals surface area contributed by atoms with Gasteiger partial charge in [0.15, 0.2) is 22.4 Å². The Morgan fingerprint density at radius 3 is 2.52 bits per heavy atom. The Kier molecular flexibility index (Phi) is 4.45. The van der Waals surface area contributed by atoms with Crippen LogP contribution in [0.15, 0.2) is 57.7 Å². The summed E-state index contributed by atoms with van der Waals surface area (Å²) in [4.78, 5) is 21.6. The number of para-hydroxylation sites is 1. The number of nitrogens with zero attached hydrogens (tertiary/aromatic N) is 4. The van der Waals surface area contributed by atoms with Crippen LogP contribution in [0.4, 0.5) is 13.2 Å². The predicted molar refractivity (Wildman–Crippen MR) is 111 cm³/mol. The highest BCUT2D eigenvalue weighted by Gasteiger charge is 2.38. The van der Waals surface area contributed by atoms with Crippen molar-refractivity contribution in [3.63, 3.8) is 0 Å². The number of fused-ring (bicyclic) bond motifs is 2. The molecule has 0 aliphatic heterocycles. The third kappa shape index (κ3) is 3.11. The summed E-state index contributed by atoms with van der Waals surface area (Å²) in [5.41, 5.74) is -2.87.